The predicted molar refractivity (Wildman–Crippen MR) is 54.9 cm³/mol. The van der Waals surface area contributed by atoms with Gasteiger partial charge in [-0.15, -0.1) is 0 Å². The molecule has 0 unspecified atom stereocenters. The number of carbonyl (C=O) groups is 1. The van der Waals surface area contributed by atoms with Crippen molar-refractivity contribution < 1.29 is 9.53 Å². The van der Waals surface area contributed by atoms with Crippen molar-refractivity contribution in [2.75, 3.05) is 7.11 Å². The van der Waals surface area contributed by atoms with Crippen LogP contribution in [0, 0.1) is 0 Å². The normalized spacial score (nSPS) is 15.1. The van der Waals surface area contributed by atoms with Gasteiger partial charge in [0.15, 0.2) is 5.75 Å². The number of hydrogen-bond donors (Lipinski definition) is 0. The van der Waals surface area contributed by atoms with Crippen LogP contribution in [0.2, 0.25) is 0 Å². The van der Waals surface area contributed by atoms with Gasteiger partial charge in [0.2, 0.25) is 0 Å². The number of Topliss-reactive ketones (excluding diaryl/α,β-unsaturated/α-hetero) is 1. The first-order valence-corrected chi connectivity index (χ1v) is 5.10. The number of ketones is 1. The largest absolute Gasteiger partial charge is 0.493 e. The summed E-state index contributed by atoms with van der Waals surface area (Å²) in [5.74, 6) is 2.05. The van der Waals surface area contributed by atoms with Gasteiger partial charge in [-0.2, -0.15) is 0 Å². The Morgan fingerprint density at radius 2 is 2.33 bits per heavy atom. The lowest BCUT2D eigenvalue weighted by atomic mass is 10.2. The molecule has 0 radical (unpaired) electrons. The molecule has 1 heterocycles. The number of rotatable bonds is 4. The van der Waals surface area contributed by atoms with Gasteiger partial charge < -0.3 is 4.74 Å². The van der Waals surface area contributed by atoms with E-state index in [2.05, 4.69) is 9.97 Å². The highest BCUT2D eigenvalue weighted by Crippen LogP contribution is 2.38. The van der Waals surface area contributed by atoms with Gasteiger partial charge in [-0.3, -0.25) is 4.79 Å². The maximum absolute atomic E-state index is 11.1. The molecule has 1 aliphatic carbocycles. The molecule has 1 aliphatic rings. The highest BCUT2D eigenvalue weighted by atomic mass is 16.5. The second kappa shape index (κ2) is 3.96. The minimum atomic E-state index is 0.0914. The van der Waals surface area contributed by atoms with E-state index >= 15 is 0 Å². The van der Waals surface area contributed by atoms with E-state index in [0.717, 1.165) is 18.7 Å². The molecular formula is C11H14N2O2. The van der Waals surface area contributed by atoms with Crippen molar-refractivity contribution in [3.05, 3.63) is 17.7 Å². The van der Waals surface area contributed by atoms with Crippen LogP contribution in [-0.4, -0.2) is 22.9 Å². The Balaban J connectivity index is 2.29. The zero-order valence-corrected chi connectivity index (χ0v) is 8.99. The molecular weight excluding hydrogens is 192 g/mol. The molecule has 1 aromatic rings. The van der Waals surface area contributed by atoms with Crippen molar-refractivity contribution >= 4 is 5.78 Å². The van der Waals surface area contributed by atoms with Crippen LogP contribution in [-0.2, 0) is 11.2 Å². The van der Waals surface area contributed by atoms with Crippen molar-refractivity contribution in [2.24, 2.45) is 0 Å². The third-order valence-electron chi connectivity index (χ3n) is 2.43. The quantitative estimate of drug-likeness (QED) is 0.749. The fraction of sp³-hybridized carbons (Fsp3) is 0.545. The zero-order valence-electron chi connectivity index (χ0n) is 8.99. The summed E-state index contributed by atoms with van der Waals surface area (Å²) in [4.78, 5) is 19.7. The highest BCUT2D eigenvalue weighted by Gasteiger charge is 2.27. The smallest absolute Gasteiger partial charge is 0.159 e. The topological polar surface area (TPSA) is 52.1 Å². The molecule has 15 heavy (non-hydrogen) atoms. The van der Waals surface area contributed by atoms with Crippen LogP contribution in [0.5, 0.6) is 5.75 Å². The van der Waals surface area contributed by atoms with Crippen LogP contribution in [0.25, 0.3) is 0 Å². The molecule has 0 bridgehead atoms. The van der Waals surface area contributed by atoms with E-state index in [4.69, 9.17) is 4.74 Å². The predicted octanol–water partition coefficient (Wildman–Crippen LogP) is 1.49. The van der Waals surface area contributed by atoms with E-state index in [1.807, 2.05) is 0 Å². The van der Waals surface area contributed by atoms with Gasteiger partial charge >= 0.3 is 0 Å². The Morgan fingerprint density at radius 3 is 2.87 bits per heavy atom. The number of hydrogen-bond acceptors (Lipinski definition) is 4. The Hall–Kier alpha value is -1.45. The SMILES string of the molecule is COc1cnc(C2CC2)nc1CC(C)=O. The Morgan fingerprint density at radius 1 is 1.60 bits per heavy atom. The van der Waals surface area contributed by atoms with Crippen molar-refractivity contribution in [1.82, 2.24) is 9.97 Å². The lowest BCUT2D eigenvalue weighted by Crippen LogP contribution is -2.05. The number of carbonyl (C=O) groups excluding carboxylic acids is 1. The van der Waals surface area contributed by atoms with E-state index in [1.165, 1.54) is 0 Å². The van der Waals surface area contributed by atoms with Crippen LogP contribution >= 0.6 is 0 Å². The summed E-state index contributed by atoms with van der Waals surface area (Å²) in [6.07, 6.45) is 4.31. The van der Waals surface area contributed by atoms with E-state index in [0.29, 0.717) is 23.8 Å². The lowest BCUT2D eigenvalue weighted by molar-refractivity contribution is -0.116. The molecule has 1 fully saturated rings. The van der Waals surface area contributed by atoms with Crippen molar-refractivity contribution in [3.8, 4) is 5.75 Å². The fourth-order valence-corrected chi connectivity index (χ4v) is 1.49. The van der Waals surface area contributed by atoms with Gasteiger partial charge in [0.25, 0.3) is 0 Å². The van der Waals surface area contributed by atoms with Gasteiger partial charge in [-0.25, -0.2) is 9.97 Å². The standard InChI is InChI=1S/C11H14N2O2/c1-7(14)5-9-10(15-2)6-12-11(13-9)8-3-4-8/h6,8H,3-5H2,1-2H3. The molecule has 1 saturated carbocycles. The Bertz CT molecular complexity index is 386. The molecule has 0 saturated heterocycles. The highest BCUT2D eigenvalue weighted by molar-refractivity contribution is 5.78. The minimum Gasteiger partial charge on any atom is -0.493 e. The average molecular weight is 206 g/mol. The summed E-state index contributed by atoms with van der Waals surface area (Å²) in [5, 5.41) is 0. The Kier molecular flexibility index (Phi) is 2.66. The van der Waals surface area contributed by atoms with Crippen molar-refractivity contribution in [3.63, 3.8) is 0 Å². The molecule has 4 nitrogen and oxygen atoms in total. The molecule has 0 aliphatic heterocycles. The van der Waals surface area contributed by atoms with Crippen LogP contribution in [0.4, 0.5) is 0 Å². The minimum absolute atomic E-state index is 0.0914. The van der Waals surface area contributed by atoms with E-state index in [9.17, 15) is 4.79 Å². The van der Waals surface area contributed by atoms with E-state index < -0.39 is 0 Å². The second-order valence-corrected chi connectivity index (χ2v) is 3.90. The van der Waals surface area contributed by atoms with Crippen molar-refractivity contribution in [1.29, 1.82) is 0 Å². The first-order valence-electron chi connectivity index (χ1n) is 5.10. The molecule has 2 rings (SSSR count). The third-order valence-corrected chi connectivity index (χ3v) is 2.43. The first kappa shape index (κ1) is 10.1. The number of methoxy groups -OCH3 is 1. The molecule has 1 aromatic heterocycles. The maximum Gasteiger partial charge on any atom is 0.159 e. The molecule has 0 N–H and O–H groups in total. The van der Waals surface area contributed by atoms with Crippen molar-refractivity contribution in [2.45, 2.75) is 32.1 Å². The fourth-order valence-electron chi connectivity index (χ4n) is 1.49. The van der Waals surface area contributed by atoms with Gasteiger partial charge in [0, 0.05) is 5.92 Å². The average Bonchev–Trinajstić information content (AvgIpc) is 3.00. The number of ether oxygens (including phenoxy) is 1. The number of aromatic nitrogens is 2. The van der Waals surface area contributed by atoms with E-state index in [1.54, 1.807) is 20.2 Å². The van der Waals surface area contributed by atoms with Crippen LogP contribution in [0.1, 0.15) is 37.2 Å². The first-order chi connectivity index (χ1) is 7.20. The molecule has 0 atom stereocenters. The number of nitrogens with zero attached hydrogens (tertiary/aromatic N) is 2. The van der Waals surface area contributed by atoms with Crippen LogP contribution in [0.3, 0.4) is 0 Å². The van der Waals surface area contributed by atoms with Gasteiger partial charge in [0.05, 0.1) is 25.4 Å². The zero-order chi connectivity index (χ0) is 10.8. The molecule has 0 amide bonds. The molecule has 4 heteroatoms. The van der Waals surface area contributed by atoms with Gasteiger partial charge in [0.1, 0.15) is 11.6 Å². The summed E-state index contributed by atoms with van der Waals surface area (Å²) in [6.45, 7) is 1.55. The monoisotopic (exact) mass is 206 g/mol. The summed E-state index contributed by atoms with van der Waals surface area (Å²) in [7, 11) is 1.57. The third kappa shape index (κ3) is 2.32. The van der Waals surface area contributed by atoms with Gasteiger partial charge in [-0.1, -0.05) is 0 Å². The Labute approximate surface area is 88.7 Å². The molecule has 80 valence electrons. The van der Waals surface area contributed by atoms with Crippen LogP contribution in [0.15, 0.2) is 6.20 Å². The van der Waals surface area contributed by atoms with E-state index in [-0.39, 0.29) is 5.78 Å². The summed E-state index contributed by atoms with van der Waals surface area (Å²) in [5.41, 5.74) is 0.710. The summed E-state index contributed by atoms with van der Waals surface area (Å²) >= 11 is 0. The maximum atomic E-state index is 11.1. The second-order valence-electron chi connectivity index (χ2n) is 3.90. The van der Waals surface area contributed by atoms with Crippen LogP contribution < -0.4 is 4.74 Å². The summed E-state index contributed by atoms with van der Waals surface area (Å²) in [6, 6.07) is 0. The lowest BCUT2D eigenvalue weighted by Gasteiger charge is -2.07. The molecule has 0 spiro atoms. The van der Waals surface area contributed by atoms with Gasteiger partial charge in [-0.05, 0) is 19.8 Å². The summed E-state index contributed by atoms with van der Waals surface area (Å²) < 4.78 is 5.12. The molecule has 0 aromatic carbocycles.